The van der Waals surface area contributed by atoms with Crippen LogP contribution in [0, 0.1) is 12.3 Å². The third kappa shape index (κ3) is 4.91. The second kappa shape index (κ2) is 9.50. The molecule has 0 aliphatic carbocycles. The Morgan fingerprint density at radius 1 is 1.14 bits per heavy atom. The van der Waals surface area contributed by atoms with Gasteiger partial charge in [-0.2, -0.15) is 0 Å². The molecule has 7 heteroatoms. The van der Waals surface area contributed by atoms with Crippen LogP contribution in [0.3, 0.4) is 0 Å². The number of carbonyl (C=O) groups excluding carboxylic acids is 1. The number of hydrogen-bond acceptors (Lipinski definition) is 6. The lowest BCUT2D eigenvalue weighted by Crippen LogP contribution is -2.27. The number of rotatable bonds is 7. The van der Waals surface area contributed by atoms with Crippen molar-refractivity contribution in [1.29, 1.82) is 0 Å². The second-order valence-corrected chi connectivity index (χ2v) is 7.69. The average Bonchev–Trinajstić information content (AvgIpc) is 3.00. The molecule has 3 rings (SSSR count). The molecule has 1 aliphatic heterocycles. The van der Waals surface area contributed by atoms with E-state index in [2.05, 4.69) is 5.92 Å². The Morgan fingerprint density at radius 2 is 1.90 bits per heavy atom. The molecule has 1 amide bonds. The molecule has 0 atom stereocenters. The highest BCUT2D eigenvalue weighted by Crippen LogP contribution is 2.35. The molecule has 2 aromatic carbocycles. The van der Waals surface area contributed by atoms with Gasteiger partial charge in [0.2, 0.25) is 0 Å². The first-order valence-corrected chi connectivity index (χ1v) is 9.90. The quantitative estimate of drug-likeness (QED) is 0.378. The molecular weight excluding hydrogens is 406 g/mol. The number of amides is 1. The number of terminal acetylenes is 1. The molecule has 5 nitrogen and oxygen atoms in total. The van der Waals surface area contributed by atoms with E-state index in [-0.39, 0.29) is 12.5 Å². The predicted octanol–water partition coefficient (Wildman–Crippen LogP) is 4.12. The number of thiocarbonyl (C=S) groups is 1. The van der Waals surface area contributed by atoms with Gasteiger partial charge in [0.15, 0.2) is 11.5 Å². The Balaban J connectivity index is 1.77. The van der Waals surface area contributed by atoms with Gasteiger partial charge in [-0.25, -0.2) is 0 Å². The van der Waals surface area contributed by atoms with Crippen LogP contribution in [-0.2, 0) is 11.3 Å². The number of benzene rings is 2. The first-order valence-electron chi connectivity index (χ1n) is 8.68. The van der Waals surface area contributed by atoms with Gasteiger partial charge in [0.25, 0.3) is 5.91 Å². The summed E-state index contributed by atoms with van der Waals surface area (Å²) < 4.78 is 16.5. The maximum Gasteiger partial charge on any atom is 0.266 e. The summed E-state index contributed by atoms with van der Waals surface area (Å²) in [5.74, 6) is 4.16. The average molecular weight is 426 g/mol. The Labute approximate surface area is 179 Å². The van der Waals surface area contributed by atoms with Crippen LogP contribution < -0.4 is 14.2 Å². The van der Waals surface area contributed by atoms with E-state index in [1.165, 1.54) is 11.8 Å². The van der Waals surface area contributed by atoms with Gasteiger partial charge in [0, 0.05) is 0 Å². The zero-order chi connectivity index (χ0) is 20.8. The molecule has 0 radical (unpaired) electrons. The molecule has 1 saturated heterocycles. The SMILES string of the molecule is C#CCOc1ccc(/C=C2\SC(=S)N(Cc3ccc(OC)cc3)C2=O)cc1OC. The lowest BCUT2D eigenvalue weighted by Gasteiger charge is -2.14. The molecule has 0 aromatic heterocycles. The summed E-state index contributed by atoms with van der Waals surface area (Å²) in [5.41, 5.74) is 1.78. The molecule has 0 unspecified atom stereocenters. The molecule has 0 N–H and O–H groups in total. The van der Waals surface area contributed by atoms with Crippen LogP contribution >= 0.6 is 24.0 Å². The highest BCUT2D eigenvalue weighted by atomic mass is 32.2. The molecule has 148 valence electrons. The number of hydrogen-bond donors (Lipinski definition) is 0. The molecule has 1 fully saturated rings. The summed E-state index contributed by atoms with van der Waals surface area (Å²) in [6.07, 6.45) is 7.02. The summed E-state index contributed by atoms with van der Waals surface area (Å²) in [4.78, 5) is 15.0. The van der Waals surface area contributed by atoms with Crippen LogP contribution in [0.1, 0.15) is 11.1 Å². The van der Waals surface area contributed by atoms with E-state index in [1.807, 2.05) is 30.3 Å². The number of ether oxygens (including phenoxy) is 3. The maximum absolute atomic E-state index is 12.9. The van der Waals surface area contributed by atoms with Gasteiger partial charge in [-0.15, -0.1) is 6.42 Å². The summed E-state index contributed by atoms with van der Waals surface area (Å²) in [5, 5.41) is 0. The summed E-state index contributed by atoms with van der Waals surface area (Å²) >= 11 is 6.70. The molecule has 2 aromatic rings. The van der Waals surface area contributed by atoms with Crippen LogP contribution in [0.15, 0.2) is 47.4 Å². The van der Waals surface area contributed by atoms with E-state index in [9.17, 15) is 4.79 Å². The van der Waals surface area contributed by atoms with E-state index in [0.717, 1.165) is 16.9 Å². The maximum atomic E-state index is 12.9. The van der Waals surface area contributed by atoms with Gasteiger partial charge in [-0.1, -0.05) is 48.1 Å². The van der Waals surface area contributed by atoms with Gasteiger partial charge in [-0.3, -0.25) is 9.69 Å². The minimum atomic E-state index is -0.123. The second-order valence-electron chi connectivity index (χ2n) is 6.02. The minimum Gasteiger partial charge on any atom is -0.497 e. The van der Waals surface area contributed by atoms with Crippen LogP contribution in [0.4, 0.5) is 0 Å². The van der Waals surface area contributed by atoms with Crippen molar-refractivity contribution in [1.82, 2.24) is 4.90 Å². The van der Waals surface area contributed by atoms with Gasteiger partial charge < -0.3 is 14.2 Å². The van der Waals surface area contributed by atoms with Gasteiger partial charge >= 0.3 is 0 Å². The highest BCUT2D eigenvalue weighted by Gasteiger charge is 2.32. The first-order chi connectivity index (χ1) is 14.0. The lowest BCUT2D eigenvalue weighted by atomic mass is 10.1. The van der Waals surface area contributed by atoms with Crippen molar-refractivity contribution in [3.8, 4) is 29.6 Å². The molecule has 1 aliphatic rings. The number of carbonyl (C=O) groups is 1. The smallest absolute Gasteiger partial charge is 0.266 e. The largest absolute Gasteiger partial charge is 0.497 e. The van der Waals surface area contributed by atoms with Gasteiger partial charge in [0.1, 0.15) is 16.7 Å². The Kier molecular flexibility index (Phi) is 6.81. The van der Waals surface area contributed by atoms with Crippen molar-refractivity contribution >= 4 is 40.3 Å². The Morgan fingerprint density at radius 3 is 2.55 bits per heavy atom. The fraction of sp³-hybridized carbons (Fsp3) is 0.182. The van der Waals surface area contributed by atoms with Crippen molar-refractivity contribution < 1.29 is 19.0 Å². The number of methoxy groups -OCH3 is 2. The summed E-state index contributed by atoms with van der Waals surface area (Å²) in [6, 6.07) is 13.0. The standard InChI is InChI=1S/C22H19NO4S2/c1-4-11-27-18-10-7-16(12-19(18)26-3)13-20-21(24)23(22(28)29-20)14-15-5-8-17(25-2)9-6-15/h1,5-10,12-13H,11,14H2,2-3H3/b20-13-. The van der Waals surface area contributed by atoms with Crippen molar-refractivity contribution in [3.63, 3.8) is 0 Å². The Hall–Kier alpha value is -2.95. The predicted molar refractivity (Wildman–Crippen MR) is 119 cm³/mol. The molecule has 0 saturated carbocycles. The van der Waals surface area contributed by atoms with Crippen LogP contribution in [0.25, 0.3) is 6.08 Å². The third-order valence-electron chi connectivity index (χ3n) is 4.17. The zero-order valence-corrected chi connectivity index (χ0v) is 17.6. The van der Waals surface area contributed by atoms with E-state index < -0.39 is 0 Å². The summed E-state index contributed by atoms with van der Waals surface area (Å²) in [7, 11) is 3.17. The van der Waals surface area contributed by atoms with Gasteiger partial charge in [0.05, 0.1) is 25.7 Å². The van der Waals surface area contributed by atoms with E-state index in [1.54, 1.807) is 37.3 Å². The minimum absolute atomic E-state index is 0.123. The number of nitrogens with zero attached hydrogens (tertiary/aromatic N) is 1. The molecule has 1 heterocycles. The Bertz CT molecular complexity index is 993. The van der Waals surface area contributed by atoms with E-state index in [0.29, 0.717) is 27.3 Å². The van der Waals surface area contributed by atoms with Crippen LogP contribution in [-0.4, -0.2) is 36.0 Å². The number of thioether (sulfide) groups is 1. The lowest BCUT2D eigenvalue weighted by molar-refractivity contribution is -0.122. The van der Waals surface area contributed by atoms with Crippen molar-refractivity contribution in [2.45, 2.75) is 6.54 Å². The zero-order valence-electron chi connectivity index (χ0n) is 16.0. The summed E-state index contributed by atoms with van der Waals surface area (Å²) in [6.45, 7) is 0.563. The molecular formula is C22H19NO4S2. The monoisotopic (exact) mass is 425 g/mol. The van der Waals surface area contributed by atoms with Crippen molar-refractivity contribution in [2.24, 2.45) is 0 Å². The molecule has 29 heavy (non-hydrogen) atoms. The topological polar surface area (TPSA) is 48.0 Å². The van der Waals surface area contributed by atoms with Crippen LogP contribution in [0.2, 0.25) is 0 Å². The van der Waals surface area contributed by atoms with Gasteiger partial charge in [-0.05, 0) is 41.5 Å². The molecule has 0 spiro atoms. The normalized spacial score (nSPS) is 14.8. The van der Waals surface area contributed by atoms with Crippen molar-refractivity contribution in [2.75, 3.05) is 20.8 Å². The molecule has 0 bridgehead atoms. The van der Waals surface area contributed by atoms with Crippen LogP contribution in [0.5, 0.6) is 17.2 Å². The fourth-order valence-electron chi connectivity index (χ4n) is 2.71. The highest BCUT2D eigenvalue weighted by molar-refractivity contribution is 8.26. The van der Waals surface area contributed by atoms with E-state index in [4.69, 9.17) is 32.9 Å². The van der Waals surface area contributed by atoms with E-state index >= 15 is 0 Å². The van der Waals surface area contributed by atoms with Crippen molar-refractivity contribution in [3.05, 3.63) is 58.5 Å². The first kappa shape index (κ1) is 20.8. The third-order valence-corrected chi connectivity index (χ3v) is 5.55. The fourth-order valence-corrected chi connectivity index (χ4v) is 3.97.